The van der Waals surface area contributed by atoms with Gasteiger partial charge in [-0.2, -0.15) is 0 Å². The molecule has 0 bridgehead atoms. The molecule has 2 atom stereocenters. The lowest BCUT2D eigenvalue weighted by Crippen LogP contribution is -2.43. The number of alkyl halides is 1. The van der Waals surface area contributed by atoms with Gasteiger partial charge in [-0.05, 0) is 0 Å². The maximum absolute atomic E-state index is 13.1. The zero-order chi connectivity index (χ0) is 10.3. The number of nitrogens with one attached hydrogen (secondary N) is 2. The molecule has 6 heteroatoms. The number of aliphatic hydroxyl groups excluding tert-OH is 1. The minimum absolute atomic E-state index is 0.0518. The first-order valence-corrected chi connectivity index (χ1v) is 4.49. The van der Waals surface area contributed by atoms with Crippen molar-refractivity contribution in [2.24, 2.45) is 5.92 Å². The van der Waals surface area contributed by atoms with Crippen LogP contribution in [-0.4, -0.2) is 35.4 Å². The third-order valence-electron chi connectivity index (χ3n) is 2.47. The quantitative estimate of drug-likeness (QED) is 0.383. The first-order valence-electron chi connectivity index (χ1n) is 4.49. The molecular formula is C8H11FN2O3. The number of hydrogen-bond acceptors (Lipinski definition) is 3. The summed E-state index contributed by atoms with van der Waals surface area (Å²) in [6.45, 7) is 0.0518. The Morgan fingerprint density at radius 1 is 1.64 bits per heavy atom. The fraction of sp³-hybridized carbons (Fsp3) is 0.750. The summed E-state index contributed by atoms with van der Waals surface area (Å²) in [5.74, 6) is -4.07. The molecule has 3 N–H and O–H groups in total. The summed E-state index contributed by atoms with van der Waals surface area (Å²) in [4.78, 5) is 22.4. The van der Waals surface area contributed by atoms with Crippen LogP contribution in [0.5, 0.6) is 0 Å². The molecule has 78 valence electrons. The van der Waals surface area contributed by atoms with Crippen molar-refractivity contribution in [3.05, 3.63) is 0 Å². The number of β-amino-alcohol motifs (C(OH)–C–C–N with tert-alkyl or cyclic N) is 1. The van der Waals surface area contributed by atoms with Gasteiger partial charge in [0.15, 0.2) is 5.79 Å². The molecule has 2 unspecified atom stereocenters. The monoisotopic (exact) mass is 202 g/mol. The van der Waals surface area contributed by atoms with Crippen molar-refractivity contribution in [1.29, 1.82) is 0 Å². The maximum Gasteiger partial charge on any atom is 0.237 e. The molecule has 0 aromatic heterocycles. The Kier molecular flexibility index (Phi) is 1.95. The van der Waals surface area contributed by atoms with Crippen molar-refractivity contribution in [2.75, 3.05) is 6.54 Å². The number of aliphatic hydroxyl groups is 1. The molecule has 1 heterocycles. The molecule has 1 aliphatic heterocycles. The van der Waals surface area contributed by atoms with Crippen LogP contribution in [0, 0.1) is 5.92 Å². The third kappa shape index (κ3) is 1.57. The maximum atomic E-state index is 13.1. The highest BCUT2D eigenvalue weighted by molar-refractivity contribution is 6.02. The van der Waals surface area contributed by atoms with Crippen LogP contribution in [0.2, 0.25) is 0 Å². The number of hydrogen-bond donors (Lipinski definition) is 3. The van der Waals surface area contributed by atoms with Crippen LogP contribution in [0.3, 0.4) is 0 Å². The average Bonchev–Trinajstić information content (AvgIpc) is 2.70. The molecule has 5 nitrogen and oxygen atoms in total. The predicted molar refractivity (Wildman–Crippen MR) is 43.7 cm³/mol. The van der Waals surface area contributed by atoms with Gasteiger partial charge in [0.2, 0.25) is 11.8 Å². The highest BCUT2D eigenvalue weighted by Gasteiger charge is 2.48. The van der Waals surface area contributed by atoms with E-state index in [9.17, 15) is 19.1 Å². The number of carbonyl (C=O) groups is 2. The highest BCUT2D eigenvalue weighted by atomic mass is 19.1. The van der Waals surface area contributed by atoms with Gasteiger partial charge in [0.25, 0.3) is 0 Å². The van der Waals surface area contributed by atoms with Crippen molar-refractivity contribution < 1.29 is 19.1 Å². The fourth-order valence-electron chi connectivity index (χ4n) is 1.43. The average molecular weight is 202 g/mol. The second-order valence-corrected chi connectivity index (χ2v) is 3.74. The van der Waals surface area contributed by atoms with Crippen molar-refractivity contribution in [3.8, 4) is 0 Å². The van der Waals surface area contributed by atoms with Crippen LogP contribution in [0.25, 0.3) is 0 Å². The molecule has 14 heavy (non-hydrogen) atoms. The van der Waals surface area contributed by atoms with E-state index in [0.29, 0.717) is 0 Å². The molecule has 2 rings (SSSR count). The summed E-state index contributed by atoms with van der Waals surface area (Å²) in [6.07, 6.45) is -0.489. The highest BCUT2D eigenvalue weighted by Crippen LogP contribution is 2.36. The van der Waals surface area contributed by atoms with Crippen molar-refractivity contribution in [3.63, 3.8) is 0 Å². The Bertz CT molecular complexity index is 290. The van der Waals surface area contributed by atoms with E-state index in [1.165, 1.54) is 0 Å². The SMILES string of the molecule is O=C1NCC(O)C1C(=O)NC1(F)CC1. The van der Waals surface area contributed by atoms with E-state index in [1.807, 2.05) is 0 Å². The molecule has 1 saturated carbocycles. The second kappa shape index (κ2) is 2.91. The first kappa shape index (κ1) is 9.39. The fourth-order valence-corrected chi connectivity index (χ4v) is 1.43. The van der Waals surface area contributed by atoms with E-state index in [0.717, 1.165) is 0 Å². The van der Waals surface area contributed by atoms with Gasteiger partial charge in [0, 0.05) is 19.4 Å². The van der Waals surface area contributed by atoms with Gasteiger partial charge in [-0.15, -0.1) is 0 Å². The van der Waals surface area contributed by atoms with Crippen LogP contribution in [0.1, 0.15) is 12.8 Å². The zero-order valence-electron chi connectivity index (χ0n) is 7.42. The molecular weight excluding hydrogens is 191 g/mol. The van der Waals surface area contributed by atoms with E-state index in [2.05, 4.69) is 10.6 Å². The smallest absolute Gasteiger partial charge is 0.237 e. The Labute approximate surface area is 79.7 Å². The summed E-state index contributed by atoms with van der Waals surface area (Å²) in [7, 11) is 0. The van der Waals surface area contributed by atoms with Crippen LogP contribution in [-0.2, 0) is 9.59 Å². The van der Waals surface area contributed by atoms with Crippen LogP contribution in [0.15, 0.2) is 0 Å². The summed E-state index contributed by atoms with van der Waals surface area (Å²) in [5, 5.41) is 13.7. The van der Waals surface area contributed by atoms with E-state index in [1.54, 1.807) is 0 Å². The number of carbonyl (C=O) groups excluding carboxylic acids is 2. The Balaban J connectivity index is 1.99. The molecule has 1 saturated heterocycles. The standard InChI is InChI=1S/C8H11FN2O3/c9-8(1-2-8)11-7(14)5-4(12)3-10-6(5)13/h4-5,12H,1-3H2,(H,10,13)(H,11,14). The lowest BCUT2D eigenvalue weighted by Gasteiger charge is -2.13. The minimum atomic E-state index is -1.64. The van der Waals surface area contributed by atoms with Crippen molar-refractivity contribution in [1.82, 2.24) is 10.6 Å². The van der Waals surface area contributed by atoms with Crippen LogP contribution >= 0.6 is 0 Å². The lowest BCUT2D eigenvalue weighted by molar-refractivity contribution is -0.137. The van der Waals surface area contributed by atoms with Crippen LogP contribution in [0.4, 0.5) is 4.39 Å². The lowest BCUT2D eigenvalue weighted by atomic mass is 10.1. The summed E-state index contributed by atoms with van der Waals surface area (Å²) < 4.78 is 13.1. The number of rotatable bonds is 2. The Hall–Kier alpha value is -1.17. The summed E-state index contributed by atoms with van der Waals surface area (Å²) >= 11 is 0. The first-order chi connectivity index (χ1) is 6.52. The zero-order valence-corrected chi connectivity index (χ0v) is 7.42. The normalized spacial score (nSPS) is 33.7. The van der Waals surface area contributed by atoms with Crippen LogP contribution < -0.4 is 10.6 Å². The third-order valence-corrected chi connectivity index (χ3v) is 2.47. The molecule has 2 aliphatic rings. The molecule has 2 fully saturated rings. The van der Waals surface area contributed by atoms with Gasteiger partial charge in [0.05, 0.1) is 6.10 Å². The molecule has 2 amide bonds. The summed E-state index contributed by atoms with van der Waals surface area (Å²) in [5.41, 5.74) is 0. The number of halogens is 1. The Morgan fingerprint density at radius 2 is 2.29 bits per heavy atom. The van der Waals surface area contributed by atoms with E-state index >= 15 is 0 Å². The van der Waals surface area contributed by atoms with Gasteiger partial charge in [-0.3, -0.25) is 9.59 Å². The second-order valence-electron chi connectivity index (χ2n) is 3.74. The van der Waals surface area contributed by atoms with E-state index in [4.69, 9.17) is 0 Å². The minimum Gasteiger partial charge on any atom is -0.390 e. The van der Waals surface area contributed by atoms with Gasteiger partial charge in [-0.1, -0.05) is 0 Å². The van der Waals surface area contributed by atoms with Gasteiger partial charge >= 0.3 is 0 Å². The van der Waals surface area contributed by atoms with Gasteiger partial charge in [0.1, 0.15) is 5.92 Å². The van der Waals surface area contributed by atoms with E-state index < -0.39 is 29.6 Å². The van der Waals surface area contributed by atoms with Gasteiger partial charge in [-0.25, -0.2) is 4.39 Å². The van der Waals surface area contributed by atoms with Crippen molar-refractivity contribution in [2.45, 2.75) is 24.7 Å². The molecule has 0 spiro atoms. The Morgan fingerprint density at radius 3 is 2.71 bits per heavy atom. The predicted octanol–water partition coefficient (Wildman–Crippen LogP) is -1.33. The van der Waals surface area contributed by atoms with E-state index in [-0.39, 0.29) is 19.4 Å². The molecule has 0 aromatic carbocycles. The molecule has 0 radical (unpaired) electrons. The summed E-state index contributed by atoms with van der Waals surface area (Å²) in [6, 6.07) is 0. The molecule has 0 aromatic rings. The number of amides is 2. The topological polar surface area (TPSA) is 78.4 Å². The molecule has 1 aliphatic carbocycles. The van der Waals surface area contributed by atoms with Gasteiger partial charge < -0.3 is 15.7 Å². The van der Waals surface area contributed by atoms with Crippen molar-refractivity contribution >= 4 is 11.8 Å². The largest absolute Gasteiger partial charge is 0.390 e.